The summed E-state index contributed by atoms with van der Waals surface area (Å²) in [5.74, 6) is 1.79. The molecule has 0 aliphatic carbocycles. The van der Waals surface area contributed by atoms with Crippen molar-refractivity contribution in [2.75, 3.05) is 20.1 Å². The predicted octanol–water partition coefficient (Wildman–Crippen LogP) is 0.643. The normalized spacial score (nSPS) is 11.5. The lowest BCUT2D eigenvalue weighted by atomic mass is 10.3. The Morgan fingerprint density at radius 3 is 2.86 bits per heavy atom. The number of hydrogen-bond acceptors (Lipinski definition) is 4. The molecule has 2 heterocycles. The Labute approximate surface area is 130 Å². The van der Waals surface area contributed by atoms with Gasteiger partial charge in [-0.15, -0.1) is 10.2 Å². The van der Waals surface area contributed by atoms with Gasteiger partial charge in [-0.2, -0.15) is 0 Å². The fraction of sp³-hybridized carbons (Fsp3) is 0.467. The molecule has 2 aromatic heterocycles. The second-order valence-electron chi connectivity index (χ2n) is 4.79. The standard InChI is InChI=1S/C15H23N7/c1-3-14-21-20-12-22(14)11-10-19-15(16-2)18-9-7-13-6-4-5-8-17-13/h4-6,8,12H,3,7,9-11H2,1-2H3,(H2,16,18,19). The number of nitrogens with zero attached hydrogens (tertiary/aromatic N) is 5. The molecule has 0 radical (unpaired) electrons. The molecule has 2 aromatic rings. The highest BCUT2D eigenvalue weighted by Crippen LogP contribution is 1.95. The minimum atomic E-state index is 0.772. The van der Waals surface area contributed by atoms with E-state index in [-0.39, 0.29) is 0 Å². The van der Waals surface area contributed by atoms with Crippen molar-refractivity contribution in [3.8, 4) is 0 Å². The van der Waals surface area contributed by atoms with Crippen molar-refractivity contribution in [3.05, 3.63) is 42.2 Å². The number of aliphatic imine (C=N–C) groups is 1. The molecular weight excluding hydrogens is 278 g/mol. The van der Waals surface area contributed by atoms with Crippen molar-refractivity contribution in [2.24, 2.45) is 4.99 Å². The molecule has 7 nitrogen and oxygen atoms in total. The maximum absolute atomic E-state index is 4.30. The van der Waals surface area contributed by atoms with Crippen molar-refractivity contribution < 1.29 is 0 Å². The zero-order valence-corrected chi connectivity index (χ0v) is 13.2. The van der Waals surface area contributed by atoms with Gasteiger partial charge in [0.25, 0.3) is 0 Å². The summed E-state index contributed by atoms with van der Waals surface area (Å²) >= 11 is 0. The van der Waals surface area contributed by atoms with Crippen LogP contribution in [-0.4, -0.2) is 45.8 Å². The maximum atomic E-state index is 4.30. The summed E-state index contributed by atoms with van der Waals surface area (Å²) in [4.78, 5) is 8.51. The zero-order chi connectivity index (χ0) is 15.6. The molecule has 0 saturated carbocycles. The van der Waals surface area contributed by atoms with Crippen LogP contribution < -0.4 is 10.6 Å². The van der Waals surface area contributed by atoms with Crippen LogP contribution in [0.4, 0.5) is 0 Å². The fourth-order valence-electron chi connectivity index (χ4n) is 2.11. The van der Waals surface area contributed by atoms with E-state index in [1.165, 1.54) is 0 Å². The first kappa shape index (κ1) is 15.9. The fourth-order valence-corrected chi connectivity index (χ4v) is 2.11. The first-order chi connectivity index (χ1) is 10.8. The van der Waals surface area contributed by atoms with E-state index in [4.69, 9.17) is 0 Å². The van der Waals surface area contributed by atoms with Gasteiger partial charge in [0, 0.05) is 51.4 Å². The molecule has 2 rings (SSSR count). The average Bonchev–Trinajstić information content (AvgIpc) is 3.02. The minimum Gasteiger partial charge on any atom is -0.356 e. The van der Waals surface area contributed by atoms with E-state index in [1.54, 1.807) is 13.4 Å². The lowest BCUT2D eigenvalue weighted by molar-refractivity contribution is 0.632. The summed E-state index contributed by atoms with van der Waals surface area (Å²) in [5.41, 5.74) is 1.07. The molecular formula is C15H23N7. The van der Waals surface area contributed by atoms with Crippen molar-refractivity contribution in [1.29, 1.82) is 0 Å². The predicted molar refractivity (Wildman–Crippen MR) is 86.7 cm³/mol. The zero-order valence-electron chi connectivity index (χ0n) is 13.2. The second kappa shape index (κ2) is 8.76. The molecule has 22 heavy (non-hydrogen) atoms. The lowest BCUT2D eigenvalue weighted by Gasteiger charge is -2.12. The number of aryl methyl sites for hydroxylation is 1. The summed E-state index contributed by atoms with van der Waals surface area (Å²) in [6, 6.07) is 5.95. The van der Waals surface area contributed by atoms with Gasteiger partial charge >= 0.3 is 0 Å². The quantitative estimate of drug-likeness (QED) is 0.579. The van der Waals surface area contributed by atoms with Crippen LogP contribution >= 0.6 is 0 Å². The van der Waals surface area contributed by atoms with Crippen molar-refractivity contribution in [3.63, 3.8) is 0 Å². The Morgan fingerprint density at radius 2 is 2.14 bits per heavy atom. The Bertz CT molecular complexity index is 577. The van der Waals surface area contributed by atoms with Gasteiger partial charge in [-0.1, -0.05) is 13.0 Å². The van der Waals surface area contributed by atoms with Gasteiger partial charge in [-0.3, -0.25) is 9.98 Å². The molecule has 2 N–H and O–H groups in total. The van der Waals surface area contributed by atoms with Crippen molar-refractivity contribution in [2.45, 2.75) is 26.3 Å². The molecule has 0 bridgehead atoms. The van der Waals surface area contributed by atoms with Gasteiger partial charge in [0.15, 0.2) is 5.96 Å². The molecule has 118 valence electrons. The van der Waals surface area contributed by atoms with Gasteiger partial charge in [0.2, 0.25) is 0 Å². The van der Waals surface area contributed by atoms with E-state index >= 15 is 0 Å². The molecule has 0 fully saturated rings. The smallest absolute Gasteiger partial charge is 0.191 e. The highest BCUT2D eigenvalue weighted by atomic mass is 15.3. The summed E-state index contributed by atoms with van der Waals surface area (Å²) in [5, 5.41) is 14.6. The average molecular weight is 301 g/mol. The Balaban J connectivity index is 1.69. The van der Waals surface area contributed by atoms with Crippen molar-refractivity contribution >= 4 is 5.96 Å². The summed E-state index contributed by atoms with van der Waals surface area (Å²) in [6.07, 6.45) is 5.33. The van der Waals surface area contributed by atoms with Gasteiger partial charge in [0.05, 0.1) is 0 Å². The Kier molecular flexibility index (Phi) is 6.35. The molecule has 0 aliphatic heterocycles. The number of pyridine rings is 1. The van der Waals surface area contributed by atoms with Gasteiger partial charge in [-0.25, -0.2) is 0 Å². The van der Waals surface area contributed by atoms with E-state index in [0.717, 1.165) is 50.0 Å². The topological polar surface area (TPSA) is 80.0 Å². The highest BCUT2D eigenvalue weighted by molar-refractivity contribution is 5.79. The van der Waals surface area contributed by atoms with Gasteiger partial charge in [-0.05, 0) is 12.1 Å². The largest absolute Gasteiger partial charge is 0.356 e. The molecule has 0 aromatic carbocycles. The number of guanidine groups is 1. The SMILES string of the molecule is CCc1nncn1CCNC(=NC)NCCc1ccccn1. The monoisotopic (exact) mass is 301 g/mol. The van der Waals surface area contributed by atoms with Crippen LogP contribution in [0.25, 0.3) is 0 Å². The van der Waals surface area contributed by atoms with E-state index < -0.39 is 0 Å². The van der Waals surface area contributed by atoms with E-state index in [1.807, 2.05) is 29.0 Å². The van der Waals surface area contributed by atoms with E-state index in [9.17, 15) is 0 Å². The van der Waals surface area contributed by atoms with Gasteiger partial charge in [0.1, 0.15) is 12.2 Å². The number of hydrogen-bond donors (Lipinski definition) is 2. The van der Waals surface area contributed by atoms with Crippen LogP contribution in [0.3, 0.4) is 0 Å². The van der Waals surface area contributed by atoms with Crippen LogP contribution in [0.15, 0.2) is 35.7 Å². The molecule has 0 unspecified atom stereocenters. The molecule has 0 spiro atoms. The van der Waals surface area contributed by atoms with Crippen molar-refractivity contribution in [1.82, 2.24) is 30.4 Å². The van der Waals surface area contributed by atoms with E-state index in [2.05, 4.69) is 37.7 Å². The second-order valence-corrected chi connectivity index (χ2v) is 4.79. The molecule has 7 heteroatoms. The third-order valence-corrected chi connectivity index (χ3v) is 3.28. The Morgan fingerprint density at radius 1 is 1.27 bits per heavy atom. The van der Waals surface area contributed by atoms with Crippen LogP contribution in [-0.2, 0) is 19.4 Å². The number of nitrogens with one attached hydrogen (secondary N) is 2. The molecule has 0 amide bonds. The van der Waals surface area contributed by atoms with Gasteiger partial charge < -0.3 is 15.2 Å². The summed E-state index contributed by atoms with van der Waals surface area (Å²) in [6.45, 7) is 4.46. The van der Waals surface area contributed by atoms with Crippen LogP contribution in [0, 0.1) is 0 Å². The van der Waals surface area contributed by atoms with Crippen LogP contribution in [0.2, 0.25) is 0 Å². The third-order valence-electron chi connectivity index (χ3n) is 3.28. The van der Waals surface area contributed by atoms with E-state index in [0.29, 0.717) is 0 Å². The maximum Gasteiger partial charge on any atom is 0.191 e. The lowest BCUT2D eigenvalue weighted by Crippen LogP contribution is -2.39. The first-order valence-corrected chi connectivity index (χ1v) is 7.54. The Hall–Kier alpha value is -2.44. The summed E-state index contributed by atoms with van der Waals surface area (Å²) in [7, 11) is 1.77. The number of aromatic nitrogens is 4. The summed E-state index contributed by atoms with van der Waals surface area (Å²) < 4.78 is 2.05. The molecule has 0 aliphatic rings. The highest BCUT2D eigenvalue weighted by Gasteiger charge is 2.02. The molecule has 0 saturated heterocycles. The van der Waals surface area contributed by atoms with Crippen LogP contribution in [0.5, 0.6) is 0 Å². The minimum absolute atomic E-state index is 0.772. The number of rotatable bonds is 7. The third kappa shape index (κ3) is 4.83. The first-order valence-electron chi connectivity index (χ1n) is 7.54. The van der Waals surface area contributed by atoms with Crippen LogP contribution in [0.1, 0.15) is 18.4 Å². The molecule has 0 atom stereocenters.